The van der Waals surface area contributed by atoms with E-state index in [4.69, 9.17) is 14.2 Å². The van der Waals surface area contributed by atoms with Gasteiger partial charge in [-0.25, -0.2) is 0 Å². The monoisotopic (exact) mass is 1140 g/mol. The molecule has 0 spiro atoms. The fraction of sp³-hybridized carbons (Fsp3) is 0.697. The molecule has 6 nitrogen and oxygen atoms in total. The molecule has 0 saturated heterocycles. The van der Waals surface area contributed by atoms with E-state index in [1.807, 2.05) is 0 Å². The lowest BCUT2D eigenvalue weighted by Gasteiger charge is -2.18. The van der Waals surface area contributed by atoms with Crippen LogP contribution in [-0.2, 0) is 28.6 Å². The summed E-state index contributed by atoms with van der Waals surface area (Å²) >= 11 is 0. The quantitative estimate of drug-likeness (QED) is 0.0261. The summed E-state index contributed by atoms with van der Waals surface area (Å²) in [6, 6.07) is 0. The molecule has 468 valence electrons. The second-order valence-corrected chi connectivity index (χ2v) is 22.7. The van der Waals surface area contributed by atoms with Crippen molar-refractivity contribution in [1.82, 2.24) is 0 Å². The van der Waals surface area contributed by atoms with E-state index in [2.05, 4.69) is 142 Å². The van der Waals surface area contributed by atoms with Gasteiger partial charge in [-0.05, 0) is 116 Å². The van der Waals surface area contributed by atoms with E-state index in [-0.39, 0.29) is 31.1 Å². The molecular formula is C76H128O6. The van der Waals surface area contributed by atoms with Crippen LogP contribution in [0.15, 0.2) is 122 Å². The van der Waals surface area contributed by atoms with Crippen LogP contribution in [0, 0.1) is 0 Å². The predicted octanol–water partition coefficient (Wildman–Crippen LogP) is 23.9. The van der Waals surface area contributed by atoms with Crippen molar-refractivity contribution in [2.45, 2.75) is 329 Å². The third-order valence-electron chi connectivity index (χ3n) is 14.7. The number of esters is 3. The molecule has 6 heteroatoms. The minimum Gasteiger partial charge on any atom is -0.462 e. The number of rotatable bonds is 62. The van der Waals surface area contributed by atoms with Crippen LogP contribution in [0.25, 0.3) is 0 Å². The van der Waals surface area contributed by atoms with Crippen molar-refractivity contribution in [2.24, 2.45) is 0 Å². The summed E-state index contributed by atoms with van der Waals surface area (Å²) in [5.41, 5.74) is 0. The lowest BCUT2D eigenvalue weighted by molar-refractivity contribution is -0.167. The topological polar surface area (TPSA) is 78.9 Å². The molecule has 0 radical (unpaired) electrons. The summed E-state index contributed by atoms with van der Waals surface area (Å²) < 4.78 is 17.0. The number of allylic oxidation sites excluding steroid dienone is 20. The number of unbranched alkanes of at least 4 members (excludes halogenated alkanes) is 31. The van der Waals surface area contributed by atoms with Crippen LogP contribution in [0.5, 0.6) is 0 Å². The van der Waals surface area contributed by atoms with Gasteiger partial charge in [0, 0.05) is 19.3 Å². The molecule has 0 aliphatic heterocycles. The zero-order chi connectivity index (χ0) is 59.2. The Kier molecular flexibility index (Phi) is 65.8. The molecule has 0 aromatic rings. The summed E-state index contributed by atoms with van der Waals surface area (Å²) in [6.45, 7) is 6.52. The average Bonchev–Trinajstić information content (AvgIpc) is 3.47. The third kappa shape index (κ3) is 66.6. The summed E-state index contributed by atoms with van der Waals surface area (Å²) in [5.74, 6) is -0.900. The van der Waals surface area contributed by atoms with Gasteiger partial charge in [-0.1, -0.05) is 309 Å². The van der Waals surface area contributed by atoms with Crippen molar-refractivity contribution in [3.05, 3.63) is 122 Å². The molecule has 1 atom stereocenters. The number of hydrogen-bond acceptors (Lipinski definition) is 6. The maximum Gasteiger partial charge on any atom is 0.306 e. The minimum absolute atomic E-state index is 0.0862. The van der Waals surface area contributed by atoms with Gasteiger partial charge in [0.15, 0.2) is 6.10 Å². The van der Waals surface area contributed by atoms with Crippen molar-refractivity contribution in [3.63, 3.8) is 0 Å². The fourth-order valence-corrected chi connectivity index (χ4v) is 9.55. The van der Waals surface area contributed by atoms with Gasteiger partial charge in [-0.15, -0.1) is 0 Å². The van der Waals surface area contributed by atoms with Crippen LogP contribution in [0.1, 0.15) is 323 Å². The van der Waals surface area contributed by atoms with E-state index in [0.717, 1.165) is 135 Å². The molecule has 0 bridgehead atoms. The third-order valence-corrected chi connectivity index (χ3v) is 14.7. The molecule has 0 aliphatic rings. The van der Waals surface area contributed by atoms with E-state index in [0.29, 0.717) is 19.3 Å². The largest absolute Gasteiger partial charge is 0.462 e. The zero-order valence-electron chi connectivity index (χ0n) is 53.7. The molecule has 0 fully saturated rings. The van der Waals surface area contributed by atoms with Crippen LogP contribution in [0.2, 0.25) is 0 Å². The Morgan fingerprint density at radius 1 is 0.256 bits per heavy atom. The zero-order valence-corrected chi connectivity index (χ0v) is 53.7. The van der Waals surface area contributed by atoms with Crippen LogP contribution in [0.4, 0.5) is 0 Å². The SMILES string of the molecule is CC/C=C\C/C=C\C/C=C\C/C=C\C/C=C\C/C=C\C/C=C\CCCCCCCCCC(=O)OCC(COC(=O)CCCCCCCCCCCCCCCC)OC(=O)CCCCCCCC/C=C\C/C=C\C/C=C\CCCCCCC. The van der Waals surface area contributed by atoms with Gasteiger partial charge in [0.25, 0.3) is 0 Å². The Balaban J connectivity index is 4.38. The van der Waals surface area contributed by atoms with Gasteiger partial charge in [0.05, 0.1) is 0 Å². The molecule has 82 heavy (non-hydrogen) atoms. The van der Waals surface area contributed by atoms with Crippen LogP contribution < -0.4 is 0 Å². The molecule has 0 aliphatic carbocycles. The van der Waals surface area contributed by atoms with Gasteiger partial charge < -0.3 is 14.2 Å². The minimum atomic E-state index is -0.793. The molecule has 1 unspecified atom stereocenters. The van der Waals surface area contributed by atoms with Gasteiger partial charge >= 0.3 is 17.9 Å². The Hall–Kier alpha value is -4.19. The Morgan fingerprint density at radius 3 is 0.744 bits per heavy atom. The highest BCUT2D eigenvalue weighted by Crippen LogP contribution is 2.16. The van der Waals surface area contributed by atoms with Crippen LogP contribution >= 0.6 is 0 Å². The van der Waals surface area contributed by atoms with Crippen LogP contribution in [-0.4, -0.2) is 37.2 Å². The Labute approximate surface area is 507 Å². The van der Waals surface area contributed by atoms with Crippen LogP contribution in [0.3, 0.4) is 0 Å². The first-order chi connectivity index (χ1) is 40.5. The number of carbonyl (C=O) groups is 3. The number of carbonyl (C=O) groups excluding carboxylic acids is 3. The number of hydrogen-bond donors (Lipinski definition) is 0. The molecular weight excluding hydrogens is 1010 g/mol. The molecule has 0 rings (SSSR count). The second-order valence-electron chi connectivity index (χ2n) is 22.7. The smallest absolute Gasteiger partial charge is 0.306 e. The van der Waals surface area contributed by atoms with Gasteiger partial charge in [0.1, 0.15) is 13.2 Å². The van der Waals surface area contributed by atoms with E-state index in [9.17, 15) is 14.4 Å². The second kappa shape index (κ2) is 69.3. The first-order valence-electron chi connectivity index (χ1n) is 34.5. The van der Waals surface area contributed by atoms with E-state index in [1.54, 1.807) is 0 Å². The molecule has 0 saturated carbocycles. The molecule has 0 aromatic carbocycles. The fourth-order valence-electron chi connectivity index (χ4n) is 9.55. The Morgan fingerprint density at radius 2 is 0.476 bits per heavy atom. The summed E-state index contributed by atoms with van der Waals surface area (Å²) in [6.07, 6.45) is 96.3. The molecule has 0 heterocycles. The molecule has 0 amide bonds. The Bertz CT molecular complexity index is 1690. The van der Waals surface area contributed by atoms with Crippen molar-refractivity contribution >= 4 is 17.9 Å². The van der Waals surface area contributed by atoms with Gasteiger partial charge in [0.2, 0.25) is 0 Å². The van der Waals surface area contributed by atoms with Crippen molar-refractivity contribution in [1.29, 1.82) is 0 Å². The molecule has 0 aromatic heterocycles. The van der Waals surface area contributed by atoms with E-state index < -0.39 is 6.10 Å². The standard InChI is InChI=1S/C76H128O6/c1-4-7-10-13-16-19-22-25-28-30-32-34-35-36-37-38-39-40-41-43-44-46-48-51-54-57-60-63-66-69-75(78)81-72-73(71-80-74(77)68-65-62-59-56-53-50-27-24-21-18-15-12-9-6-3)82-76(79)70-67-64-61-58-55-52-49-47-45-42-33-31-29-26-23-20-17-14-11-8-5-2/h7,10,16,19,23,25-26,28,31-34,36-37,39-40,43-45,47,73H,4-6,8-9,11-15,17-18,20-22,24,27,29-30,35,38,41-42,46,48-72H2,1-3H3/b10-7-,19-16-,26-23-,28-25-,33-31-,34-32-,37-36-,40-39-,44-43-,47-45-. The van der Waals surface area contributed by atoms with Gasteiger partial charge in [-0.2, -0.15) is 0 Å². The lowest BCUT2D eigenvalue weighted by Crippen LogP contribution is -2.30. The van der Waals surface area contributed by atoms with Gasteiger partial charge in [-0.3, -0.25) is 14.4 Å². The maximum atomic E-state index is 12.9. The first kappa shape index (κ1) is 77.8. The number of ether oxygens (including phenoxy) is 3. The highest BCUT2D eigenvalue weighted by Gasteiger charge is 2.19. The maximum absolute atomic E-state index is 12.9. The summed E-state index contributed by atoms with van der Waals surface area (Å²) in [4.78, 5) is 38.4. The highest BCUT2D eigenvalue weighted by molar-refractivity contribution is 5.71. The van der Waals surface area contributed by atoms with Crippen molar-refractivity contribution in [3.8, 4) is 0 Å². The summed E-state index contributed by atoms with van der Waals surface area (Å²) in [5, 5.41) is 0. The van der Waals surface area contributed by atoms with E-state index >= 15 is 0 Å². The van der Waals surface area contributed by atoms with E-state index in [1.165, 1.54) is 148 Å². The lowest BCUT2D eigenvalue weighted by atomic mass is 10.0. The molecule has 0 N–H and O–H groups in total. The normalized spacial score (nSPS) is 12.9. The predicted molar refractivity (Wildman–Crippen MR) is 357 cm³/mol. The average molecular weight is 1140 g/mol. The van der Waals surface area contributed by atoms with Crippen molar-refractivity contribution < 1.29 is 28.6 Å². The summed E-state index contributed by atoms with van der Waals surface area (Å²) in [7, 11) is 0. The van der Waals surface area contributed by atoms with Crippen molar-refractivity contribution in [2.75, 3.05) is 13.2 Å². The first-order valence-corrected chi connectivity index (χ1v) is 34.5. The highest BCUT2D eigenvalue weighted by atomic mass is 16.6.